The molecule has 0 aliphatic rings. The number of hydrogen-bond donors (Lipinski definition) is 1. The van der Waals surface area contributed by atoms with E-state index in [1.54, 1.807) is 0 Å². The SMILES string of the molecule is O=S(=O)(Nc1ccc(OCC(F)(F)F)nc1)c1cc(F)cc(F)c1. The van der Waals surface area contributed by atoms with Gasteiger partial charge in [-0.3, -0.25) is 4.72 Å². The highest BCUT2D eigenvalue weighted by atomic mass is 32.2. The van der Waals surface area contributed by atoms with Gasteiger partial charge in [-0.1, -0.05) is 0 Å². The Morgan fingerprint density at radius 3 is 2.21 bits per heavy atom. The Labute approximate surface area is 133 Å². The van der Waals surface area contributed by atoms with E-state index in [9.17, 15) is 30.4 Å². The molecule has 130 valence electrons. The number of sulfonamides is 1. The fourth-order valence-corrected chi connectivity index (χ4v) is 2.66. The number of pyridine rings is 1. The molecule has 0 unspecified atom stereocenters. The third kappa shape index (κ3) is 5.05. The van der Waals surface area contributed by atoms with Crippen LogP contribution in [0.15, 0.2) is 41.4 Å². The molecule has 1 aromatic heterocycles. The van der Waals surface area contributed by atoms with Crippen LogP contribution in [0.25, 0.3) is 0 Å². The lowest BCUT2D eigenvalue weighted by atomic mass is 10.3. The number of hydrogen-bond acceptors (Lipinski definition) is 4. The quantitative estimate of drug-likeness (QED) is 0.824. The molecular weight excluding hydrogens is 359 g/mol. The van der Waals surface area contributed by atoms with E-state index >= 15 is 0 Å². The molecule has 11 heteroatoms. The fraction of sp³-hybridized carbons (Fsp3) is 0.154. The predicted molar refractivity (Wildman–Crippen MR) is 73.0 cm³/mol. The van der Waals surface area contributed by atoms with Gasteiger partial charge in [0.25, 0.3) is 10.0 Å². The van der Waals surface area contributed by atoms with Crippen molar-refractivity contribution in [1.82, 2.24) is 4.98 Å². The van der Waals surface area contributed by atoms with Gasteiger partial charge in [-0.2, -0.15) is 13.2 Å². The number of halogens is 5. The van der Waals surface area contributed by atoms with Crippen molar-refractivity contribution < 1.29 is 35.1 Å². The summed E-state index contributed by atoms with van der Waals surface area (Å²) in [6.07, 6.45) is -3.64. The minimum Gasteiger partial charge on any atom is -0.468 e. The fourth-order valence-electron chi connectivity index (χ4n) is 1.58. The maximum Gasteiger partial charge on any atom is 0.422 e. The summed E-state index contributed by atoms with van der Waals surface area (Å²) in [7, 11) is -4.30. The lowest BCUT2D eigenvalue weighted by Crippen LogP contribution is -2.19. The number of aromatic nitrogens is 1. The number of ether oxygens (including phenoxy) is 1. The highest BCUT2D eigenvalue weighted by molar-refractivity contribution is 7.92. The van der Waals surface area contributed by atoms with Gasteiger partial charge >= 0.3 is 6.18 Å². The van der Waals surface area contributed by atoms with Crippen LogP contribution >= 0.6 is 0 Å². The van der Waals surface area contributed by atoms with Crippen LogP contribution in [0.2, 0.25) is 0 Å². The minimum atomic E-state index is -4.54. The molecule has 0 bridgehead atoms. The van der Waals surface area contributed by atoms with Gasteiger partial charge in [0.1, 0.15) is 11.6 Å². The van der Waals surface area contributed by atoms with Gasteiger partial charge in [0.15, 0.2) is 6.61 Å². The van der Waals surface area contributed by atoms with Crippen molar-refractivity contribution in [2.75, 3.05) is 11.3 Å². The van der Waals surface area contributed by atoms with Crippen molar-refractivity contribution in [3.63, 3.8) is 0 Å². The van der Waals surface area contributed by atoms with Gasteiger partial charge in [0, 0.05) is 12.1 Å². The normalized spacial score (nSPS) is 12.0. The van der Waals surface area contributed by atoms with Gasteiger partial charge in [0.2, 0.25) is 5.88 Å². The topological polar surface area (TPSA) is 68.3 Å². The van der Waals surface area contributed by atoms with E-state index in [0.29, 0.717) is 18.2 Å². The van der Waals surface area contributed by atoms with Gasteiger partial charge < -0.3 is 4.74 Å². The molecule has 2 rings (SSSR count). The van der Waals surface area contributed by atoms with Gasteiger partial charge in [-0.25, -0.2) is 22.2 Å². The van der Waals surface area contributed by atoms with Crippen molar-refractivity contribution in [3.05, 3.63) is 48.2 Å². The molecule has 0 fully saturated rings. The molecule has 1 N–H and O–H groups in total. The van der Waals surface area contributed by atoms with E-state index < -0.39 is 39.3 Å². The number of alkyl halides is 3. The Bertz CT molecular complexity index is 802. The zero-order valence-corrected chi connectivity index (χ0v) is 12.5. The average molecular weight is 368 g/mol. The second-order valence-corrected chi connectivity index (χ2v) is 6.18. The molecule has 0 radical (unpaired) electrons. The number of rotatable bonds is 5. The lowest BCUT2D eigenvalue weighted by molar-refractivity contribution is -0.154. The second-order valence-electron chi connectivity index (χ2n) is 4.50. The largest absolute Gasteiger partial charge is 0.468 e. The minimum absolute atomic E-state index is 0.126. The molecule has 0 atom stereocenters. The molecule has 0 aliphatic heterocycles. The Kier molecular flexibility index (Phi) is 4.92. The molecule has 0 spiro atoms. The molecule has 0 saturated heterocycles. The first-order chi connectivity index (χ1) is 11.0. The Balaban J connectivity index is 2.12. The van der Waals surface area contributed by atoms with Crippen molar-refractivity contribution in [3.8, 4) is 5.88 Å². The summed E-state index contributed by atoms with van der Waals surface area (Å²) in [5.41, 5.74) is -0.126. The third-order valence-electron chi connectivity index (χ3n) is 2.52. The molecule has 1 aromatic carbocycles. The highest BCUT2D eigenvalue weighted by Gasteiger charge is 2.28. The van der Waals surface area contributed by atoms with Crippen LogP contribution in [0.3, 0.4) is 0 Å². The molecule has 0 saturated carbocycles. The summed E-state index contributed by atoms with van der Waals surface area (Å²) in [5, 5.41) is 0. The molecule has 0 aliphatic carbocycles. The van der Waals surface area contributed by atoms with E-state index in [4.69, 9.17) is 0 Å². The standard InChI is InChI=1S/C13H9F5N2O3S/c14-8-3-9(15)5-11(4-8)24(21,22)20-10-1-2-12(19-6-10)23-7-13(16,17)18/h1-6,20H,7H2. The van der Waals surface area contributed by atoms with E-state index in [1.807, 2.05) is 4.72 Å². The van der Waals surface area contributed by atoms with E-state index in [2.05, 4.69) is 9.72 Å². The van der Waals surface area contributed by atoms with Crippen LogP contribution in [0.1, 0.15) is 0 Å². The smallest absolute Gasteiger partial charge is 0.422 e. The van der Waals surface area contributed by atoms with E-state index in [1.165, 1.54) is 0 Å². The molecular formula is C13H9F5N2O3S. The van der Waals surface area contributed by atoms with Gasteiger partial charge in [-0.15, -0.1) is 0 Å². The molecule has 1 heterocycles. The van der Waals surface area contributed by atoms with E-state index in [0.717, 1.165) is 18.3 Å². The monoisotopic (exact) mass is 368 g/mol. The maximum absolute atomic E-state index is 13.1. The number of nitrogens with zero attached hydrogens (tertiary/aromatic N) is 1. The molecule has 0 amide bonds. The Morgan fingerprint density at radius 2 is 1.71 bits per heavy atom. The van der Waals surface area contributed by atoms with Crippen LogP contribution in [0.4, 0.5) is 27.6 Å². The zero-order valence-electron chi connectivity index (χ0n) is 11.6. The highest BCUT2D eigenvalue weighted by Crippen LogP contribution is 2.20. The summed E-state index contributed by atoms with van der Waals surface area (Å²) >= 11 is 0. The first kappa shape index (κ1) is 17.9. The van der Waals surface area contributed by atoms with Crippen LogP contribution < -0.4 is 9.46 Å². The number of benzene rings is 1. The number of anilines is 1. The summed E-state index contributed by atoms with van der Waals surface area (Å²) in [6, 6.07) is 3.83. The van der Waals surface area contributed by atoms with Gasteiger partial charge in [0.05, 0.1) is 16.8 Å². The predicted octanol–water partition coefficient (Wildman–Crippen LogP) is 3.10. The Hall–Kier alpha value is -2.43. The van der Waals surface area contributed by atoms with Crippen molar-refractivity contribution in [2.24, 2.45) is 0 Å². The molecule has 2 aromatic rings. The second kappa shape index (κ2) is 6.59. The molecule has 24 heavy (non-hydrogen) atoms. The first-order valence-corrected chi connectivity index (χ1v) is 7.68. The average Bonchev–Trinajstić information content (AvgIpc) is 2.44. The lowest BCUT2D eigenvalue weighted by Gasteiger charge is -2.10. The van der Waals surface area contributed by atoms with Gasteiger partial charge in [-0.05, 0) is 18.2 Å². The molecule has 5 nitrogen and oxygen atoms in total. The maximum atomic E-state index is 13.1. The summed E-state index contributed by atoms with van der Waals surface area (Å²) in [4.78, 5) is 2.84. The van der Waals surface area contributed by atoms with Crippen LogP contribution in [0.5, 0.6) is 5.88 Å². The summed E-state index contributed by atoms with van der Waals surface area (Å²) in [5.74, 6) is -2.53. The first-order valence-electron chi connectivity index (χ1n) is 6.20. The van der Waals surface area contributed by atoms with Crippen molar-refractivity contribution in [1.29, 1.82) is 0 Å². The van der Waals surface area contributed by atoms with E-state index in [-0.39, 0.29) is 11.6 Å². The third-order valence-corrected chi connectivity index (χ3v) is 3.88. The zero-order chi connectivity index (χ0) is 18.0. The summed E-state index contributed by atoms with van der Waals surface area (Å²) in [6.45, 7) is -1.55. The number of nitrogens with one attached hydrogen (secondary N) is 1. The van der Waals surface area contributed by atoms with Crippen LogP contribution in [0, 0.1) is 11.6 Å². The van der Waals surface area contributed by atoms with Crippen LogP contribution in [-0.2, 0) is 10.0 Å². The van der Waals surface area contributed by atoms with Crippen molar-refractivity contribution >= 4 is 15.7 Å². The summed E-state index contributed by atoms with van der Waals surface area (Å²) < 4.78 is 92.5. The Morgan fingerprint density at radius 1 is 1.08 bits per heavy atom. The van der Waals surface area contributed by atoms with Crippen molar-refractivity contribution in [2.45, 2.75) is 11.1 Å². The van der Waals surface area contributed by atoms with Crippen LogP contribution in [-0.4, -0.2) is 26.2 Å².